The van der Waals surface area contributed by atoms with E-state index < -0.39 is 0 Å². The van der Waals surface area contributed by atoms with Gasteiger partial charge in [0.2, 0.25) is 0 Å². The fourth-order valence-electron chi connectivity index (χ4n) is 3.50. The molecular weight excluding hydrogens is 276 g/mol. The van der Waals surface area contributed by atoms with E-state index in [4.69, 9.17) is 0 Å². The first kappa shape index (κ1) is 17.1. The summed E-state index contributed by atoms with van der Waals surface area (Å²) in [5.41, 5.74) is 0. The summed E-state index contributed by atoms with van der Waals surface area (Å²) < 4.78 is 0. The predicted octanol–water partition coefficient (Wildman–Crippen LogP) is 1.92. The second-order valence-corrected chi connectivity index (χ2v) is 6.44. The fourth-order valence-corrected chi connectivity index (χ4v) is 3.50. The van der Waals surface area contributed by atoms with Gasteiger partial charge in [-0.3, -0.25) is 9.59 Å². The Morgan fingerprint density at radius 3 is 1.36 bits per heavy atom. The Morgan fingerprint density at radius 2 is 1.09 bits per heavy atom. The van der Waals surface area contributed by atoms with Crippen LogP contribution in [0.5, 0.6) is 0 Å². The number of allylic oxidation sites excluding steroid dienone is 2. The molecule has 0 N–H and O–H groups in total. The van der Waals surface area contributed by atoms with Gasteiger partial charge in [0.15, 0.2) is 11.6 Å². The number of rotatable bonds is 7. The Hall–Kier alpha value is -1.26. The molecule has 2 rings (SSSR count). The Balaban J connectivity index is 1.64. The lowest BCUT2D eigenvalue weighted by molar-refractivity contribution is -0.120. The summed E-state index contributed by atoms with van der Waals surface area (Å²) in [6, 6.07) is 0. The molecule has 0 saturated carbocycles. The van der Waals surface area contributed by atoms with Crippen LogP contribution in [0.2, 0.25) is 0 Å². The number of carbonyl (C=O) groups excluding carboxylic acids is 2. The minimum absolute atomic E-state index is 0.189. The van der Waals surface area contributed by atoms with Gasteiger partial charge in [-0.2, -0.15) is 0 Å². The fraction of sp³-hybridized carbons (Fsp3) is 0.667. The highest BCUT2D eigenvalue weighted by molar-refractivity contribution is 5.91. The molecule has 0 aromatic heterocycles. The van der Waals surface area contributed by atoms with Gasteiger partial charge in [-0.15, -0.1) is 0 Å². The minimum Gasteiger partial charge on any atom is -0.302 e. The van der Waals surface area contributed by atoms with Crippen molar-refractivity contribution in [2.45, 2.75) is 25.7 Å². The highest BCUT2D eigenvalue weighted by Gasteiger charge is 2.25. The first-order chi connectivity index (χ1) is 10.6. The zero-order valence-electron chi connectivity index (χ0n) is 13.5. The number of hydrogen-bond acceptors (Lipinski definition) is 4. The maximum absolute atomic E-state index is 11.6. The smallest absolute Gasteiger partial charge is 0.158 e. The number of nitrogens with zero attached hydrogens (tertiary/aromatic N) is 2. The van der Waals surface area contributed by atoms with E-state index in [1.165, 1.54) is 12.2 Å². The number of hydrogen-bond donors (Lipinski definition) is 0. The SMILES string of the molecule is C=CC(=O)C1CCN(CCN2CCC(C(=O)C=C)CC2)CC1. The van der Waals surface area contributed by atoms with Crippen molar-refractivity contribution in [3.8, 4) is 0 Å². The third-order valence-corrected chi connectivity index (χ3v) is 5.11. The highest BCUT2D eigenvalue weighted by Crippen LogP contribution is 2.20. The molecule has 0 atom stereocenters. The van der Waals surface area contributed by atoms with Gasteiger partial charge in [-0.1, -0.05) is 13.2 Å². The standard InChI is InChI=1S/C18H28N2O2/c1-3-17(21)15-5-9-19(10-6-15)13-14-20-11-7-16(8-12-20)18(22)4-2/h3-4,15-16H,1-2,5-14H2. The van der Waals surface area contributed by atoms with Crippen molar-refractivity contribution < 1.29 is 9.59 Å². The molecule has 2 heterocycles. The molecule has 0 bridgehead atoms. The van der Waals surface area contributed by atoms with Crippen molar-refractivity contribution in [2.24, 2.45) is 11.8 Å². The summed E-state index contributed by atoms with van der Waals surface area (Å²) in [5.74, 6) is 0.783. The highest BCUT2D eigenvalue weighted by atomic mass is 16.1. The molecule has 0 spiro atoms. The van der Waals surface area contributed by atoms with Crippen molar-refractivity contribution in [2.75, 3.05) is 39.3 Å². The molecule has 0 aromatic rings. The summed E-state index contributed by atoms with van der Waals surface area (Å²) in [7, 11) is 0. The minimum atomic E-state index is 0.189. The Labute approximate surface area is 133 Å². The van der Waals surface area contributed by atoms with Gasteiger partial charge in [0.1, 0.15) is 0 Å². The lowest BCUT2D eigenvalue weighted by atomic mass is 9.92. The number of piperidine rings is 2. The summed E-state index contributed by atoms with van der Waals surface area (Å²) in [6.45, 7) is 13.3. The predicted molar refractivity (Wildman–Crippen MR) is 88.7 cm³/mol. The van der Waals surface area contributed by atoms with Gasteiger partial charge in [-0.05, 0) is 64.0 Å². The molecule has 2 fully saturated rings. The number of carbonyl (C=O) groups is 2. The average Bonchev–Trinajstić information content (AvgIpc) is 2.59. The molecule has 4 nitrogen and oxygen atoms in total. The van der Waals surface area contributed by atoms with E-state index in [2.05, 4.69) is 23.0 Å². The quantitative estimate of drug-likeness (QED) is 0.674. The molecule has 4 heteroatoms. The first-order valence-corrected chi connectivity index (χ1v) is 8.41. The summed E-state index contributed by atoms with van der Waals surface area (Å²) in [6.07, 6.45) is 6.77. The van der Waals surface area contributed by atoms with Crippen LogP contribution >= 0.6 is 0 Å². The second-order valence-electron chi connectivity index (χ2n) is 6.44. The van der Waals surface area contributed by atoms with Crippen LogP contribution in [0.15, 0.2) is 25.3 Å². The molecule has 0 radical (unpaired) electrons. The second kappa shape index (κ2) is 8.39. The molecular formula is C18H28N2O2. The van der Waals surface area contributed by atoms with E-state index in [0.717, 1.165) is 65.0 Å². The Kier molecular flexibility index (Phi) is 6.52. The van der Waals surface area contributed by atoms with Crippen LogP contribution in [0.4, 0.5) is 0 Å². The maximum atomic E-state index is 11.6. The summed E-state index contributed by atoms with van der Waals surface area (Å²) >= 11 is 0. The lowest BCUT2D eigenvalue weighted by Gasteiger charge is -2.35. The van der Waals surface area contributed by atoms with Crippen LogP contribution < -0.4 is 0 Å². The lowest BCUT2D eigenvalue weighted by Crippen LogP contribution is -2.43. The van der Waals surface area contributed by atoms with Crippen LogP contribution in [-0.4, -0.2) is 60.6 Å². The third kappa shape index (κ3) is 4.62. The third-order valence-electron chi connectivity index (χ3n) is 5.11. The monoisotopic (exact) mass is 304 g/mol. The van der Waals surface area contributed by atoms with Crippen LogP contribution in [0.25, 0.3) is 0 Å². The molecule has 0 aromatic carbocycles. The summed E-state index contributed by atoms with van der Waals surface area (Å²) in [4.78, 5) is 28.1. The zero-order valence-corrected chi connectivity index (χ0v) is 13.5. The van der Waals surface area contributed by atoms with E-state index in [-0.39, 0.29) is 23.4 Å². The van der Waals surface area contributed by atoms with Crippen LogP contribution in [0.1, 0.15) is 25.7 Å². The van der Waals surface area contributed by atoms with Crippen molar-refractivity contribution in [1.29, 1.82) is 0 Å². The van der Waals surface area contributed by atoms with E-state index in [1.54, 1.807) is 0 Å². The van der Waals surface area contributed by atoms with Crippen molar-refractivity contribution >= 4 is 11.6 Å². The molecule has 2 saturated heterocycles. The number of likely N-dealkylation sites (tertiary alicyclic amines) is 2. The van der Waals surface area contributed by atoms with E-state index in [1.807, 2.05) is 0 Å². The van der Waals surface area contributed by atoms with Gasteiger partial charge in [0, 0.05) is 24.9 Å². The van der Waals surface area contributed by atoms with Gasteiger partial charge in [0.05, 0.1) is 0 Å². The maximum Gasteiger partial charge on any atom is 0.158 e. The largest absolute Gasteiger partial charge is 0.302 e. The Morgan fingerprint density at radius 1 is 0.773 bits per heavy atom. The molecule has 122 valence electrons. The van der Waals surface area contributed by atoms with Crippen molar-refractivity contribution in [3.05, 3.63) is 25.3 Å². The van der Waals surface area contributed by atoms with E-state index >= 15 is 0 Å². The summed E-state index contributed by atoms with van der Waals surface area (Å²) in [5, 5.41) is 0. The molecule has 0 amide bonds. The van der Waals surface area contributed by atoms with Crippen LogP contribution in [-0.2, 0) is 9.59 Å². The van der Waals surface area contributed by atoms with Crippen molar-refractivity contribution in [1.82, 2.24) is 9.80 Å². The topological polar surface area (TPSA) is 40.6 Å². The molecule has 2 aliphatic rings. The molecule has 2 aliphatic heterocycles. The van der Waals surface area contributed by atoms with Gasteiger partial charge in [-0.25, -0.2) is 0 Å². The van der Waals surface area contributed by atoms with E-state index in [9.17, 15) is 9.59 Å². The number of ketones is 2. The van der Waals surface area contributed by atoms with Crippen LogP contribution in [0, 0.1) is 11.8 Å². The van der Waals surface area contributed by atoms with Crippen molar-refractivity contribution in [3.63, 3.8) is 0 Å². The molecule has 0 aliphatic carbocycles. The Bertz CT molecular complexity index is 377. The van der Waals surface area contributed by atoms with Crippen LogP contribution in [0.3, 0.4) is 0 Å². The normalized spacial score (nSPS) is 22.4. The molecule has 0 unspecified atom stereocenters. The van der Waals surface area contributed by atoms with Gasteiger partial charge in [0.25, 0.3) is 0 Å². The first-order valence-electron chi connectivity index (χ1n) is 8.41. The van der Waals surface area contributed by atoms with Gasteiger partial charge < -0.3 is 9.80 Å². The van der Waals surface area contributed by atoms with E-state index in [0.29, 0.717) is 0 Å². The molecule has 22 heavy (non-hydrogen) atoms. The van der Waals surface area contributed by atoms with Gasteiger partial charge >= 0.3 is 0 Å². The zero-order chi connectivity index (χ0) is 15.9. The average molecular weight is 304 g/mol.